The van der Waals surface area contributed by atoms with E-state index in [1.807, 2.05) is 13.1 Å². The second-order valence-electron chi connectivity index (χ2n) is 5.53. The number of rotatable bonds is 3. The van der Waals surface area contributed by atoms with E-state index in [0.29, 0.717) is 17.5 Å². The molecule has 1 aliphatic rings. The fourth-order valence-corrected chi connectivity index (χ4v) is 2.74. The number of aromatic nitrogens is 1. The minimum atomic E-state index is -0.0666. The van der Waals surface area contributed by atoms with E-state index < -0.39 is 0 Å². The standard InChI is InChI=1S/C15H23N3O/c1-10-5-4-6-13(11(10)2)18-15(19)14-9-12(16-3)7-8-17-14/h7-11,13H,4-6H2,1-3H3,(H,16,17)(H,18,19). The van der Waals surface area contributed by atoms with Gasteiger partial charge >= 0.3 is 0 Å². The average molecular weight is 261 g/mol. The first-order valence-corrected chi connectivity index (χ1v) is 7.06. The van der Waals surface area contributed by atoms with Crippen LogP contribution in [0.1, 0.15) is 43.6 Å². The van der Waals surface area contributed by atoms with E-state index in [0.717, 1.165) is 12.1 Å². The Hall–Kier alpha value is -1.58. The maximum atomic E-state index is 12.2. The minimum absolute atomic E-state index is 0.0666. The van der Waals surface area contributed by atoms with Gasteiger partial charge in [0.05, 0.1) is 0 Å². The number of hydrogen-bond acceptors (Lipinski definition) is 3. The van der Waals surface area contributed by atoms with Crippen LogP contribution in [0, 0.1) is 11.8 Å². The molecular formula is C15H23N3O. The first-order chi connectivity index (χ1) is 9.11. The zero-order valence-electron chi connectivity index (χ0n) is 11.9. The molecule has 4 heteroatoms. The summed E-state index contributed by atoms with van der Waals surface area (Å²) in [6.45, 7) is 4.50. The van der Waals surface area contributed by atoms with Crippen molar-refractivity contribution in [2.45, 2.75) is 39.2 Å². The molecule has 1 aromatic rings. The summed E-state index contributed by atoms with van der Waals surface area (Å²) in [6, 6.07) is 3.91. The van der Waals surface area contributed by atoms with Gasteiger partial charge in [-0.3, -0.25) is 9.78 Å². The van der Waals surface area contributed by atoms with Gasteiger partial charge in [0.2, 0.25) is 0 Å². The monoisotopic (exact) mass is 261 g/mol. The summed E-state index contributed by atoms with van der Waals surface area (Å²) in [5, 5.41) is 6.16. The molecule has 0 spiro atoms. The van der Waals surface area contributed by atoms with Crippen LogP contribution in [0.15, 0.2) is 18.3 Å². The zero-order chi connectivity index (χ0) is 13.8. The van der Waals surface area contributed by atoms with Gasteiger partial charge in [-0.2, -0.15) is 0 Å². The summed E-state index contributed by atoms with van der Waals surface area (Å²) >= 11 is 0. The highest BCUT2D eigenvalue weighted by Crippen LogP contribution is 2.29. The molecule has 1 aliphatic carbocycles. The number of nitrogens with one attached hydrogen (secondary N) is 2. The van der Waals surface area contributed by atoms with E-state index in [1.54, 1.807) is 12.3 Å². The summed E-state index contributed by atoms with van der Waals surface area (Å²) in [5.74, 6) is 1.14. The van der Waals surface area contributed by atoms with Gasteiger partial charge in [-0.25, -0.2) is 0 Å². The average Bonchev–Trinajstić information content (AvgIpc) is 2.44. The number of pyridine rings is 1. The van der Waals surface area contributed by atoms with Crippen LogP contribution in [0.5, 0.6) is 0 Å². The molecular weight excluding hydrogens is 238 g/mol. The number of carbonyl (C=O) groups excluding carboxylic acids is 1. The molecule has 0 bridgehead atoms. The summed E-state index contributed by atoms with van der Waals surface area (Å²) in [6.07, 6.45) is 5.19. The lowest BCUT2D eigenvalue weighted by Gasteiger charge is -2.34. The predicted molar refractivity (Wildman–Crippen MR) is 77.2 cm³/mol. The van der Waals surface area contributed by atoms with Crippen LogP contribution < -0.4 is 10.6 Å². The second kappa shape index (κ2) is 6.04. The van der Waals surface area contributed by atoms with Crippen molar-refractivity contribution in [1.29, 1.82) is 0 Å². The largest absolute Gasteiger partial charge is 0.388 e. The third kappa shape index (κ3) is 3.25. The van der Waals surface area contributed by atoms with Crippen molar-refractivity contribution in [3.8, 4) is 0 Å². The fourth-order valence-electron chi connectivity index (χ4n) is 2.74. The Labute approximate surface area is 115 Å². The molecule has 1 heterocycles. The third-order valence-corrected chi connectivity index (χ3v) is 4.30. The first kappa shape index (κ1) is 13.8. The topological polar surface area (TPSA) is 54.0 Å². The molecule has 0 aliphatic heterocycles. The highest BCUT2D eigenvalue weighted by Gasteiger charge is 2.28. The number of hydrogen-bond donors (Lipinski definition) is 2. The smallest absolute Gasteiger partial charge is 0.270 e. The van der Waals surface area contributed by atoms with Crippen molar-refractivity contribution < 1.29 is 4.79 Å². The van der Waals surface area contributed by atoms with Crippen LogP contribution in [0.3, 0.4) is 0 Å². The molecule has 2 N–H and O–H groups in total. The van der Waals surface area contributed by atoms with Crippen LogP contribution in [0.2, 0.25) is 0 Å². The highest BCUT2D eigenvalue weighted by atomic mass is 16.1. The van der Waals surface area contributed by atoms with Crippen LogP contribution in [-0.4, -0.2) is 24.0 Å². The molecule has 0 saturated heterocycles. The fraction of sp³-hybridized carbons (Fsp3) is 0.600. The Morgan fingerprint density at radius 1 is 1.37 bits per heavy atom. The molecule has 19 heavy (non-hydrogen) atoms. The van der Waals surface area contributed by atoms with Gasteiger partial charge in [0.25, 0.3) is 5.91 Å². The van der Waals surface area contributed by atoms with Crippen LogP contribution in [0.25, 0.3) is 0 Å². The summed E-state index contributed by atoms with van der Waals surface area (Å²) in [4.78, 5) is 16.4. The van der Waals surface area contributed by atoms with Crippen LogP contribution in [0.4, 0.5) is 5.69 Å². The Morgan fingerprint density at radius 3 is 2.89 bits per heavy atom. The van der Waals surface area contributed by atoms with Crippen molar-refractivity contribution in [1.82, 2.24) is 10.3 Å². The van der Waals surface area contributed by atoms with Crippen molar-refractivity contribution in [2.24, 2.45) is 11.8 Å². The van der Waals surface area contributed by atoms with E-state index >= 15 is 0 Å². The molecule has 2 rings (SSSR count). The SMILES string of the molecule is CNc1ccnc(C(=O)NC2CCCC(C)C2C)c1. The van der Waals surface area contributed by atoms with E-state index in [4.69, 9.17) is 0 Å². The number of anilines is 1. The van der Waals surface area contributed by atoms with Gasteiger partial charge in [-0.15, -0.1) is 0 Å². The quantitative estimate of drug-likeness (QED) is 0.879. The van der Waals surface area contributed by atoms with Crippen molar-refractivity contribution in [3.05, 3.63) is 24.0 Å². The van der Waals surface area contributed by atoms with Crippen molar-refractivity contribution >= 4 is 11.6 Å². The molecule has 1 saturated carbocycles. The van der Waals surface area contributed by atoms with Gasteiger partial charge in [0.1, 0.15) is 5.69 Å². The summed E-state index contributed by atoms with van der Waals surface area (Å²) in [5.41, 5.74) is 1.39. The van der Waals surface area contributed by atoms with Gasteiger partial charge in [0, 0.05) is 25.0 Å². The normalized spacial score (nSPS) is 26.8. The number of nitrogens with zero attached hydrogens (tertiary/aromatic N) is 1. The first-order valence-electron chi connectivity index (χ1n) is 7.06. The maximum Gasteiger partial charge on any atom is 0.270 e. The highest BCUT2D eigenvalue weighted by molar-refractivity contribution is 5.93. The number of amides is 1. The molecule has 4 nitrogen and oxygen atoms in total. The third-order valence-electron chi connectivity index (χ3n) is 4.30. The maximum absolute atomic E-state index is 12.2. The lowest BCUT2D eigenvalue weighted by Crippen LogP contribution is -2.43. The van der Waals surface area contributed by atoms with E-state index in [-0.39, 0.29) is 11.9 Å². The molecule has 3 unspecified atom stereocenters. The second-order valence-corrected chi connectivity index (χ2v) is 5.53. The minimum Gasteiger partial charge on any atom is -0.388 e. The van der Waals surface area contributed by atoms with Gasteiger partial charge in [0.15, 0.2) is 0 Å². The molecule has 1 fully saturated rings. The van der Waals surface area contributed by atoms with E-state index in [2.05, 4.69) is 29.5 Å². The Balaban J connectivity index is 2.03. The zero-order valence-corrected chi connectivity index (χ0v) is 11.9. The molecule has 1 amide bonds. The molecule has 0 radical (unpaired) electrons. The molecule has 104 valence electrons. The molecule has 0 aromatic carbocycles. The van der Waals surface area contributed by atoms with E-state index in [1.165, 1.54) is 12.8 Å². The Morgan fingerprint density at radius 2 is 2.16 bits per heavy atom. The lowest BCUT2D eigenvalue weighted by atomic mass is 9.78. The van der Waals surface area contributed by atoms with E-state index in [9.17, 15) is 4.79 Å². The van der Waals surface area contributed by atoms with Gasteiger partial charge in [-0.1, -0.05) is 26.7 Å². The van der Waals surface area contributed by atoms with Crippen LogP contribution >= 0.6 is 0 Å². The predicted octanol–water partition coefficient (Wildman–Crippen LogP) is 2.68. The summed E-state index contributed by atoms with van der Waals surface area (Å²) in [7, 11) is 1.84. The molecule has 3 atom stereocenters. The van der Waals surface area contributed by atoms with Gasteiger partial charge < -0.3 is 10.6 Å². The van der Waals surface area contributed by atoms with Gasteiger partial charge in [-0.05, 0) is 30.4 Å². The summed E-state index contributed by atoms with van der Waals surface area (Å²) < 4.78 is 0. The molecule has 1 aromatic heterocycles. The van der Waals surface area contributed by atoms with Crippen molar-refractivity contribution in [3.63, 3.8) is 0 Å². The lowest BCUT2D eigenvalue weighted by molar-refractivity contribution is 0.0886. The Bertz CT molecular complexity index is 447. The Kier molecular flexibility index (Phi) is 4.40. The number of carbonyl (C=O) groups is 1. The van der Waals surface area contributed by atoms with Crippen LogP contribution in [-0.2, 0) is 0 Å². The van der Waals surface area contributed by atoms with Crippen molar-refractivity contribution in [2.75, 3.05) is 12.4 Å².